The van der Waals surface area contributed by atoms with Crippen LogP contribution in [0.5, 0.6) is 0 Å². The fourth-order valence-electron chi connectivity index (χ4n) is 5.29. The Morgan fingerprint density at radius 2 is 2.00 bits per heavy atom. The van der Waals surface area contributed by atoms with Gasteiger partial charge < -0.3 is 14.2 Å². The largest absolute Gasteiger partial charge is 0.365 e. The lowest BCUT2D eigenvalue weighted by Gasteiger charge is -2.37. The van der Waals surface area contributed by atoms with Crippen molar-refractivity contribution < 1.29 is 4.74 Å². The summed E-state index contributed by atoms with van der Waals surface area (Å²) in [7, 11) is 2.23. The molecular formula is C24H29N3O. The number of ether oxygens (including phenoxy) is 1. The fourth-order valence-corrected chi connectivity index (χ4v) is 5.29. The van der Waals surface area contributed by atoms with Crippen molar-refractivity contribution in [2.75, 3.05) is 13.6 Å². The first-order valence-electron chi connectivity index (χ1n) is 10.3. The number of pyridine rings is 1. The van der Waals surface area contributed by atoms with E-state index in [0.29, 0.717) is 0 Å². The van der Waals surface area contributed by atoms with E-state index in [2.05, 4.69) is 66.5 Å². The second-order valence-corrected chi connectivity index (χ2v) is 8.92. The van der Waals surface area contributed by atoms with Crippen molar-refractivity contribution in [3.63, 3.8) is 0 Å². The predicted octanol–water partition coefficient (Wildman–Crippen LogP) is 4.21. The lowest BCUT2D eigenvalue weighted by molar-refractivity contribution is -0.0918. The molecule has 2 aliphatic heterocycles. The molecule has 28 heavy (non-hydrogen) atoms. The molecule has 0 bridgehead atoms. The van der Waals surface area contributed by atoms with E-state index in [4.69, 9.17) is 4.74 Å². The zero-order valence-corrected chi connectivity index (χ0v) is 17.3. The van der Waals surface area contributed by atoms with Crippen molar-refractivity contribution in [3.8, 4) is 0 Å². The Morgan fingerprint density at radius 3 is 2.79 bits per heavy atom. The summed E-state index contributed by atoms with van der Waals surface area (Å²) >= 11 is 0. The Balaban J connectivity index is 1.77. The van der Waals surface area contributed by atoms with Gasteiger partial charge in [0.1, 0.15) is 5.60 Å². The van der Waals surface area contributed by atoms with Crippen LogP contribution < -0.4 is 0 Å². The first kappa shape index (κ1) is 17.9. The summed E-state index contributed by atoms with van der Waals surface area (Å²) in [6.45, 7) is 9.65. The molecule has 5 rings (SSSR count). The fraction of sp³-hybridized carbons (Fsp3) is 0.458. The van der Waals surface area contributed by atoms with E-state index in [0.717, 1.165) is 32.5 Å². The first-order valence-corrected chi connectivity index (χ1v) is 10.3. The Bertz CT molecular complexity index is 1040. The SMILES string of the molecule is Cc1cc2c3c(c1)c1c(n3CC(C)(c3ccncc3)OC(C)C2)CCN(C)C1. The minimum absolute atomic E-state index is 0.159. The molecule has 0 amide bonds. The van der Waals surface area contributed by atoms with Gasteiger partial charge in [0.05, 0.1) is 18.2 Å². The molecule has 0 fully saturated rings. The lowest BCUT2D eigenvalue weighted by atomic mass is 9.93. The molecule has 4 heterocycles. The molecule has 0 saturated carbocycles. The number of likely N-dealkylation sites (N-methyl/N-ethyl adjacent to an activating group) is 1. The van der Waals surface area contributed by atoms with E-state index in [1.807, 2.05) is 12.4 Å². The molecule has 4 nitrogen and oxygen atoms in total. The van der Waals surface area contributed by atoms with Crippen LogP contribution in [-0.2, 0) is 36.3 Å². The standard InChI is InChI=1S/C24H29N3O/c1-16-11-18-13-17(2)28-24(3,19-5-8-25-9-6-19)15-27-22-7-10-26(4)14-21(22)20(12-16)23(18)27/h5-6,8-9,11-12,17H,7,10,13-15H2,1-4H3. The van der Waals surface area contributed by atoms with Gasteiger partial charge in [-0.1, -0.05) is 11.6 Å². The van der Waals surface area contributed by atoms with E-state index >= 15 is 0 Å². The van der Waals surface area contributed by atoms with Crippen molar-refractivity contribution in [2.45, 2.75) is 58.4 Å². The average Bonchev–Trinajstić information content (AvgIpc) is 2.94. The summed E-state index contributed by atoms with van der Waals surface area (Å²) in [5.41, 5.74) is 8.05. The summed E-state index contributed by atoms with van der Waals surface area (Å²) < 4.78 is 9.30. The van der Waals surface area contributed by atoms with Crippen LogP contribution in [0, 0.1) is 6.92 Å². The van der Waals surface area contributed by atoms with E-state index in [1.165, 1.54) is 38.9 Å². The third-order valence-corrected chi connectivity index (χ3v) is 6.48. The number of rotatable bonds is 1. The Labute approximate surface area is 167 Å². The van der Waals surface area contributed by atoms with Crippen molar-refractivity contribution in [3.05, 3.63) is 64.6 Å². The average molecular weight is 376 g/mol. The van der Waals surface area contributed by atoms with Crippen LogP contribution >= 0.6 is 0 Å². The zero-order valence-electron chi connectivity index (χ0n) is 17.3. The second kappa shape index (κ2) is 6.43. The van der Waals surface area contributed by atoms with Gasteiger partial charge in [0.15, 0.2) is 0 Å². The van der Waals surface area contributed by atoms with E-state index < -0.39 is 0 Å². The molecule has 0 saturated heterocycles. The molecule has 2 aromatic heterocycles. The van der Waals surface area contributed by atoms with Gasteiger partial charge in [-0.2, -0.15) is 0 Å². The normalized spacial score (nSPS) is 25.4. The quantitative estimate of drug-likeness (QED) is 0.638. The molecule has 2 atom stereocenters. The summed E-state index contributed by atoms with van der Waals surface area (Å²) in [6.07, 6.45) is 5.95. The minimum atomic E-state index is -0.367. The highest BCUT2D eigenvalue weighted by molar-refractivity contribution is 5.89. The summed E-state index contributed by atoms with van der Waals surface area (Å²) in [5.74, 6) is 0. The van der Waals surface area contributed by atoms with Gasteiger partial charge in [0.2, 0.25) is 0 Å². The predicted molar refractivity (Wildman–Crippen MR) is 113 cm³/mol. The van der Waals surface area contributed by atoms with Crippen LogP contribution in [0.15, 0.2) is 36.7 Å². The summed E-state index contributed by atoms with van der Waals surface area (Å²) in [6, 6.07) is 8.96. The van der Waals surface area contributed by atoms with Gasteiger partial charge in [0.25, 0.3) is 0 Å². The van der Waals surface area contributed by atoms with Gasteiger partial charge in [-0.15, -0.1) is 0 Å². The third-order valence-electron chi connectivity index (χ3n) is 6.48. The molecule has 4 heteroatoms. The molecule has 0 radical (unpaired) electrons. The van der Waals surface area contributed by atoms with E-state index in [-0.39, 0.29) is 11.7 Å². The zero-order chi connectivity index (χ0) is 19.5. The number of aromatic nitrogens is 2. The smallest absolute Gasteiger partial charge is 0.109 e. The van der Waals surface area contributed by atoms with Crippen molar-refractivity contribution in [2.24, 2.45) is 0 Å². The van der Waals surface area contributed by atoms with Gasteiger partial charge >= 0.3 is 0 Å². The molecule has 0 spiro atoms. The Kier molecular flexibility index (Phi) is 4.11. The van der Waals surface area contributed by atoms with Crippen LogP contribution in [0.25, 0.3) is 10.9 Å². The Morgan fingerprint density at radius 1 is 1.21 bits per heavy atom. The minimum Gasteiger partial charge on any atom is -0.365 e. The van der Waals surface area contributed by atoms with Gasteiger partial charge in [-0.3, -0.25) is 4.98 Å². The number of hydrogen-bond acceptors (Lipinski definition) is 3. The molecule has 146 valence electrons. The van der Waals surface area contributed by atoms with Crippen LogP contribution in [-0.4, -0.2) is 34.1 Å². The summed E-state index contributed by atoms with van der Waals surface area (Å²) in [5, 5.41) is 1.45. The summed E-state index contributed by atoms with van der Waals surface area (Å²) in [4.78, 5) is 6.66. The maximum Gasteiger partial charge on any atom is 0.109 e. The molecule has 2 unspecified atom stereocenters. The number of aryl methyl sites for hydroxylation is 1. The van der Waals surface area contributed by atoms with Gasteiger partial charge in [-0.25, -0.2) is 0 Å². The maximum absolute atomic E-state index is 6.72. The van der Waals surface area contributed by atoms with Gasteiger partial charge in [-0.05, 0) is 62.7 Å². The van der Waals surface area contributed by atoms with Crippen molar-refractivity contribution in [1.82, 2.24) is 14.5 Å². The van der Waals surface area contributed by atoms with E-state index in [1.54, 1.807) is 0 Å². The number of hydrogen-bond donors (Lipinski definition) is 0. The van der Waals surface area contributed by atoms with Crippen LogP contribution in [0.4, 0.5) is 0 Å². The first-order chi connectivity index (χ1) is 13.4. The van der Waals surface area contributed by atoms with Crippen LogP contribution in [0.3, 0.4) is 0 Å². The number of fused-ring (bicyclic) bond motifs is 3. The molecule has 0 N–H and O–H groups in total. The lowest BCUT2D eigenvalue weighted by Crippen LogP contribution is -2.38. The highest BCUT2D eigenvalue weighted by Gasteiger charge is 2.36. The van der Waals surface area contributed by atoms with Crippen molar-refractivity contribution in [1.29, 1.82) is 0 Å². The van der Waals surface area contributed by atoms with Crippen LogP contribution in [0.1, 0.15) is 41.8 Å². The highest BCUT2D eigenvalue weighted by Crippen LogP contribution is 2.40. The number of benzene rings is 1. The van der Waals surface area contributed by atoms with Crippen molar-refractivity contribution >= 4 is 10.9 Å². The molecule has 0 aliphatic carbocycles. The van der Waals surface area contributed by atoms with E-state index in [9.17, 15) is 0 Å². The monoisotopic (exact) mass is 375 g/mol. The topological polar surface area (TPSA) is 30.3 Å². The highest BCUT2D eigenvalue weighted by atomic mass is 16.5. The molecule has 1 aromatic carbocycles. The third kappa shape index (κ3) is 2.78. The molecular weight excluding hydrogens is 346 g/mol. The van der Waals surface area contributed by atoms with Gasteiger partial charge in [0, 0.05) is 49.4 Å². The maximum atomic E-state index is 6.72. The number of nitrogens with zero attached hydrogens (tertiary/aromatic N) is 3. The molecule has 2 aliphatic rings. The Hall–Kier alpha value is -2.17. The molecule has 3 aromatic rings. The second-order valence-electron chi connectivity index (χ2n) is 8.92. The van der Waals surface area contributed by atoms with Crippen LogP contribution in [0.2, 0.25) is 0 Å².